The van der Waals surface area contributed by atoms with Crippen LogP contribution in [0.3, 0.4) is 0 Å². The minimum absolute atomic E-state index is 0.327. The summed E-state index contributed by atoms with van der Waals surface area (Å²) in [6, 6.07) is 5.20. The van der Waals surface area contributed by atoms with E-state index in [0.29, 0.717) is 28.1 Å². The van der Waals surface area contributed by atoms with Crippen molar-refractivity contribution in [2.24, 2.45) is 0 Å². The van der Waals surface area contributed by atoms with Gasteiger partial charge in [0, 0.05) is 5.92 Å². The molecule has 0 aliphatic heterocycles. The molecular weight excluding hydrogens is 314 g/mol. The van der Waals surface area contributed by atoms with Crippen molar-refractivity contribution in [3.8, 4) is 11.5 Å². The molecule has 2 rings (SSSR count). The first kappa shape index (κ1) is 17.2. The van der Waals surface area contributed by atoms with Crippen LogP contribution >= 0.6 is 11.3 Å². The minimum atomic E-state index is -0.327. The molecule has 7 heteroatoms. The number of aromatic nitrogens is 2. The van der Waals surface area contributed by atoms with Crippen LogP contribution in [0.5, 0.6) is 11.5 Å². The molecule has 0 spiro atoms. The predicted molar refractivity (Wildman–Crippen MR) is 90.7 cm³/mol. The van der Waals surface area contributed by atoms with Crippen LogP contribution in [0, 0.1) is 0 Å². The highest BCUT2D eigenvalue weighted by molar-refractivity contribution is 7.15. The molecule has 1 heterocycles. The van der Waals surface area contributed by atoms with Crippen LogP contribution in [0.25, 0.3) is 0 Å². The van der Waals surface area contributed by atoms with Crippen LogP contribution in [0.1, 0.15) is 48.0 Å². The fraction of sp³-hybridized carbons (Fsp3) is 0.438. The smallest absolute Gasteiger partial charge is 0.265 e. The van der Waals surface area contributed by atoms with E-state index in [0.717, 1.165) is 17.8 Å². The third-order valence-corrected chi connectivity index (χ3v) is 4.65. The third-order valence-electron chi connectivity index (χ3n) is 3.65. The number of carbonyl (C=O) groups excluding carboxylic acids is 1. The van der Waals surface area contributed by atoms with Crippen molar-refractivity contribution in [2.75, 3.05) is 19.5 Å². The lowest BCUT2D eigenvalue weighted by Gasteiger charge is -2.11. The maximum absolute atomic E-state index is 12.6. The molecule has 1 amide bonds. The number of rotatable bonds is 7. The van der Waals surface area contributed by atoms with Gasteiger partial charge < -0.3 is 9.47 Å². The van der Waals surface area contributed by atoms with Gasteiger partial charge in [0.2, 0.25) is 5.13 Å². The van der Waals surface area contributed by atoms with E-state index in [9.17, 15) is 4.79 Å². The monoisotopic (exact) mass is 335 g/mol. The Morgan fingerprint density at radius 3 is 2.30 bits per heavy atom. The molecule has 2 aromatic rings. The summed E-state index contributed by atoms with van der Waals surface area (Å²) in [5, 5.41) is 12.4. The van der Waals surface area contributed by atoms with E-state index in [1.54, 1.807) is 18.2 Å². The van der Waals surface area contributed by atoms with E-state index in [2.05, 4.69) is 29.4 Å². The van der Waals surface area contributed by atoms with Crippen molar-refractivity contribution in [3.63, 3.8) is 0 Å². The molecule has 1 aromatic carbocycles. The molecule has 0 aliphatic rings. The van der Waals surface area contributed by atoms with E-state index < -0.39 is 0 Å². The summed E-state index contributed by atoms with van der Waals surface area (Å²) < 4.78 is 10.5. The minimum Gasteiger partial charge on any atom is -0.496 e. The van der Waals surface area contributed by atoms with Gasteiger partial charge in [-0.15, -0.1) is 10.2 Å². The number of carbonyl (C=O) groups is 1. The van der Waals surface area contributed by atoms with Gasteiger partial charge in [0.05, 0.1) is 14.2 Å². The maximum Gasteiger partial charge on any atom is 0.265 e. The molecule has 6 nitrogen and oxygen atoms in total. The van der Waals surface area contributed by atoms with Crippen molar-refractivity contribution in [1.82, 2.24) is 10.2 Å². The lowest BCUT2D eigenvalue weighted by molar-refractivity contribution is 0.102. The molecule has 0 aliphatic carbocycles. The van der Waals surface area contributed by atoms with Gasteiger partial charge in [-0.3, -0.25) is 10.1 Å². The van der Waals surface area contributed by atoms with Crippen LogP contribution in [-0.2, 0) is 0 Å². The SMILES string of the molecule is CCC(CC)c1nnc(NC(=O)c2c(OC)cccc2OC)s1. The number of methoxy groups -OCH3 is 2. The number of nitrogens with zero attached hydrogens (tertiary/aromatic N) is 2. The molecule has 0 atom stereocenters. The van der Waals surface area contributed by atoms with Gasteiger partial charge in [-0.25, -0.2) is 0 Å². The molecule has 0 saturated carbocycles. The van der Waals surface area contributed by atoms with E-state index in [4.69, 9.17) is 9.47 Å². The number of benzene rings is 1. The summed E-state index contributed by atoms with van der Waals surface area (Å²) in [5.41, 5.74) is 0.344. The van der Waals surface area contributed by atoms with E-state index in [1.165, 1.54) is 25.6 Å². The van der Waals surface area contributed by atoms with Crippen molar-refractivity contribution in [3.05, 3.63) is 28.8 Å². The lowest BCUT2D eigenvalue weighted by Crippen LogP contribution is -2.14. The van der Waals surface area contributed by atoms with Crippen molar-refractivity contribution >= 4 is 22.4 Å². The molecule has 124 valence electrons. The second-order valence-corrected chi connectivity index (χ2v) is 5.96. The number of nitrogens with one attached hydrogen (secondary N) is 1. The van der Waals surface area contributed by atoms with Gasteiger partial charge in [-0.05, 0) is 25.0 Å². The summed E-state index contributed by atoms with van der Waals surface area (Å²) >= 11 is 1.40. The van der Waals surface area contributed by atoms with Crippen LogP contribution in [0.4, 0.5) is 5.13 Å². The molecule has 0 radical (unpaired) electrons. The Labute approximate surface area is 139 Å². The standard InChI is InChI=1S/C16H21N3O3S/c1-5-10(6-2)15-18-19-16(23-15)17-14(20)13-11(21-3)8-7-9-12(13)22-4/h7-10H,5-6H2,1-4H3,(H,17,19,20). The van der Waals surface area contributed by atoms with Gasteiger partial charge in [0.15, 0.2) is 0 Å². The highest BCUT2D eigenvalue weighted by atomic mass is 32.1. The Kier molecular flexibility index (Phi) is 5.92. The fourth-order valence-electron chi connectivity index (χ4n) is 2.32. The van der Waals surface area contributed by atoms with Gasteiger partial charge in [0.1, 0.15) is 22.1 Å². The third kappa shape index (κ3) is 3.79. The van der Waals surface area contributed by atoms with Gasteiger partial charge in [-0.2, -0.15) is 0 Å². The topological polar surface area (TPSA) is 73.3 Å². The van der Waals surface area contributed by atoms with Crippen LogP contribution in [0.2, 0.25) is 0 Å². The van der Waals surface area contributed by atoms with Crippen LogP contribution in [-0.4, -0.2) is 30.3 Å². The first-order valence-corrected chi connectivity index (χ1v) is 8.31. The maximum atomic E-state index is 12.6. The summed E-state index contributed by atoms with van der Waals surface area (Å²) in [6.45, 7) is 4.24. The molecular formula is C16H21N3O3S. The number of hydrogen-bond acceptors (Lipinski definition) is 6. The highest BCUT2D eigenvalue weighted by Crippen LogP contribution is 2.31. The van der Waals surface area contributed by atoms with Gasteiger partial charge >= 0.3 is 0 Å². The van der Waals surface area contributed by atoms with E-state index in [-0.39, 0.29) is 5.91 Å². The summed E-state index contributed by atoms with van der Waals surface area (Å²) in [4.78, 5) is 12.6. The second kappa shape index (κ2) is 7.92. The van der Waals surface area contributed by atoms with Crippen molar-refractivity contribution < 1.29 is 14.3 Å². The summed E-state index contributed by atoms with van der Waals surface area (Å²) in [5.74, 6) is 0.948. The Morgan fingerprint density at radius 1 is 1.17 bits per heavy atom. The van der Waals surface area contributed by atoms with E-state index >= 15 is 0 Å². The quantitative estimate of drug-likeness (QED) is 0.835. The highest BCUT2D eigenvalue weighted by Gasteiger charge is 2.20. The molecule has 1 aromatic heterocycles. The summed E-state index contributed by atoms with van der Waals surface area (Å²) in [7, 11) is 3.03. The molecule has 0 fully saturated rings. The zero-order chi connectivity index (χ0) is 16.8. The number of ether oxygens (including phenoxy) is 2. The number of hydrogen-bond donors (Lipinski definition) is 1. The Balaban J connectivity index is 2.23. The first-order chi connectivity index (χ1) is 11.1. The average molecular weight is 335 g/mol. The van der Waals surface area contributed by atoms with Gasteiger partial charge in [0.25, 0.3) is 5.91 Å². The fourth-order valence-corrected chi connectivity index (χ4v) is 3.33. The lowest BCUT2D eigenvalue weighted by atomic mass is 10.1. The Morgan fingerprint density at radius 2 is 1.78 bits per heavy atom. The normalized spacial score (nSPS) is 10.7. The first-order valence-electron chi connectivity index (χ1n) is 7.50. The molecule has 0 saturated heterocycles. The van der Waals surface area contributed by atoms with Crippen LogP contribution < -0.4 is 14.8 Å². The Bertz CT molecular complexity index is 646. The molecule has 1 N–H and O–H groups in total. The largest absolute Gasteiger partial charge is 0.496 e. The van der Waals surface area contributed by atoms with Crippen molar-refractivity contribution in [1.29, 1.82) is 0 Å². The zero-order valence-electron chi connectivity index (χ0n) is 13.8. The second-order valence-electron chi connectivity index (χ2n) is 4.95. The zero-order valence-corrected chi connectivity index (χ0v) is 14.6. The van der Waals surface area contributed by atoms with Crippen molar-refractivity contribution in [2.45, 2.75) is 32.6 Å². The molecule has 0 bridgehead atoms. The molecule has 23 heavy (non-hydrogen) atoms. The van der Waals surface area contributed by atoms with Gasteiger partial charge in [-0.1, -0.05) is 31.3 Å². The Hall–Kier alpha value is -2.15. The van der Waals surface area contributed by atoms with Crippen LogP contribution in [0.15, 0.2) is 18.2 Å². The number of amides is 1. The predicted octanol–water partition coefficient (Wildman–Crippen LogP) is 3.71. The number of anilines is 1. The summed E-state index contributed by atoms with van der Waals surface area (Å²) in [6.07, 6.45) is 2.00. The molecule has 0 unspecified atom stereocenters. The average Bonchev–Trinajstić information content (AvgIpc) is 3.03. The van der Waals surface area contributed by atoms with E-state index in [1.807, 2.05) is 0 Å².